The van der Waals surface area contributed by atoms with Crippen LogP contribution in [0.15, 0.2) is 29.4 Å². The van der Waals surface area contributed by atoms with Crippen LogP contribution in [0.1, 0.15) is 11.7 Å². The molecule has 1 atom stereocenters. The van der Waals surface area contributed by atoms with Crippen molar-refractivity contribution in [3.05, 3.63) is 30.1 Å². The zero-order valence-corrected chi connectivity index (χ0v) is 7.51. The molecule has 0 aliphatic carbocycles. The molecule has 5 nitrogen and oxygen atoms in total. The summed E-state index contributed by atoms with van der Waals surface area (Å²) in [5.74, 6) is -0.632. The second-order valence-corrected chi connectivity index (χ2v) is 2.40. The van der Waals surface area contributed by atoms with Gasteiger partial charge in [-0.1, -0.05) is 6.07 Å². The Bertz CT molecular complexity index is 358. The SMILES string of the molecule is COC(=O)C(N=C=O)c1ccccn1. The maximum atomic E-state index is 11.2. The molecular weight excluding hydrogens is 184 g/mol. The molecule has 0 spiro atoms. The van der Waals surface area contributed by atoms with Crippen molar-refractivity contribution in [2.75, 3.05) is 7.11 Å². The van der Waals surface area contributed by atoms with Gasteiger partial charge in [-0.2, -0.15) is 4.99 Å². The van der Waals surface area contributed by atoms with Gasteiger partial charge in [0.2, 0.25) is 12.1 Å². The minimum atomic E-state index is -1.02. The molecule has 1 aromatic rings. The number of hydrogen-bond donors (Lipinski definition) is 0. The first-order valence-corrected chi connectivity index (χ1v) is 3.85. The zero-order valence-electron chi connectivity index (χ0n) is 7.51. The number of nitrogens with zero attached hydrogens (tertiary/aromatic N) is 2. The average molecular weight is 192 g/mol. The Labute approximate surface area is 80.4 Å². The first-order valence-electron chi connectivity index (χ1n) is 3.85. The van der Waals surface area contributed by atoms with Crippen LogP contribution in [0.5, 0.6) is 0 Å². The normalized spacial score (nSPS) is 11.2. The third kappa shape index (κ3) is 2.24. The van der Waals surface area contributed by atoms with Crippen molar-refractivity contribution in [3.63, 3.8) is 0 Å². The molecule has 0 saturated carbocycles. The fourth-order valence-corrected chi connectivity index (χ4v) is 0.942. The average Bonchev–Trinajstić information content (AvgIpc) is 2.26. The van der Waals surface area contributed by atoms with Crippen LogP contribution in [-0.2, 0) is 14.3 Å². The summed E-state index contributed by atoms with van der Waals surface area (Å²) in [4.78, 5) is 28.5. The van der Waals surface area contributed by atoms with Crippen LogP contribution in [0.4, 0.5) is 0 Å². The molecule has 0 amide bonds. The zero-order chi connectivity index (χ0) is 10.4. The molecule has 1 unspecified atom stereocenters. The minimum absolute atomic E-state index is 0.364. The van der Waals surface area contributed by atoms with E-state index in [4.69, 9.17) is 0 Å². The first-order chi connectivity index (χ1) is 6.79. The molecule has 0 aliphatic heterocycles. The lowest BCUT2D eigenvalue weighted by Gasteiger charge is -2.06. The van der Waals surface area contributed by atoms with Crippen molar-refractivity contribution in [2.45, 2.75) is 6.04 Å². The first kappa shape index (κ1) is 10.1. The summed E-state index contributed by atoms with van der Waals surface area (Å²) in [6, 6.07) is 3.96. The molecule has 72 valence electrons. The van der Waals surface area contributed by atoms with Gasteiger partial charge < -0.3 is 4.74 Å². The Morgan fingerprint density at radius 1 is 1.64 bits per heavy atom. The number of aromatic nitrogens is 1. The number of isocyanates is 1. The topological polar surface area (TPSA) is 68.6 Å². The van der Waals surface area contributed by atoms with E-state index in [0.717, 1.165) is 0 Å². The summed E-state index contributed by atoms with van der Waals surface area (Å²) < 4.78 is 4.47. The number of methoxy groups -OCH3 is 1. The van der Waals surface area contributed by atoms with E-state index in [0.29, 0.717) is 5.69 Å². The molecular formula is C9H8N2O3. The molecule has 0 saturated heterocycles. The Hall–Kier alpha value is -2.00. The predicted octanol–water partition coefficient (Wildman–Crippen LogP) is 0.631. The van der Waals surface area contributed by atoms with Crippen molar-refractivity contribution >= 4 is 12.0 Å². The number of ether oxygens (including phenoxy) is 1. The Kier molecular flexibility index (Phi) is 3.52. The van der Waals surface area contributed by atoms with Gasteiger partial charge in [0.1, 0.15) is 0 Å². The van der Waals surface area contributed by atoms with Gasteiger partial charge in [0, 0.05) is 6.20 Å². The monoisotopic (exact) mass is 192 g/mol. The molecule has 0 aliphatic rings. The van der Waals surface area contributed by atoms with E-state index < -0.39 is 12.0 Å². The highest BCUT2D eigenvalue weighted by molar-refractivity contribution is 5.78. The quantitative estimate of drug-likeness (QED) is 0.400. The largest absolute Gasteiger partial charge is 0.467 e. The lowest BCUT2D eigenvalue weighted by molar-refractivity contribution is -0.142. The summed E-state index contributed by atoms with van der Waals surface area (Å²) in [5, 5.41) is 0. The van der Waals surface area contributed by atoms with Gasteiger partial charge in [-0.25, -0.2) is 9.59 Å². The van der Waals surface area contributed by atoms with E-state index in [1.54, 1.807) is 18.2 Å². The van der Waals surface area contributed by atoms with Crippen LogP contribution >= 0.6 is 0 Å². The van der Waals surface area contributed by atoms with Crippen molar-refractivity contribution in [1.82, 2.24) is 4.98 Å². The molecule has 5 heteroatoms. The number of hydrogen-bond acceptors (Lipinski definition) is 5. The van der Waals surface area contributed by atoms with E-state index >= 15 is 0 Å². The number of carbonyl (C=O) groups excluding carboxylic acids is 2. The lowest BCUT2D eigenvalue weighted by Crippen LogP contribution is -2.13. The summed E-state index contributed by atoms with van der Waals surface area (Å²) in [6.07, 6.45) is 2.82. The van der Waals surface area contributed by atoms with Gasteiger partial charge >= 0.3 is 5.97 Å². The second kappa shape index (κ2) is 4.89. The van der Waals surface area contributed by atoms with E-state index in [-0.39, 0.29) is 0 Å². The molecule has 0 N–H and O–H groups in total. The van der Waals surface area contributed by atoms with Gasteiger partial charge in [-0.15, -0.1) is 0 Å². The molecule has 0 fully saturated rings. The second-order valence-electron chi connectivity index (χ2n) is 2.40. The Balaban J connectivity index is 3.00. The van der Waals surface area contributed by atoms with Crippen LogP contribution < -0.4 is 0 Å². The summed E-state index contributed by atoms with van der Waals surface area (Å²) in [6.45, 7) is 0. The predicted molar refractivity (Wildman–Crippen MR) is 47.1 cm³/mol. The van der Waals surface area contributed by atoms with Crippen LogP contribution in [-0.4, -0.2) is 24.1 Å². The Morgan fingerprint density at radius 2 is 2.43 bits per heavy atom. The van der Waals surface area contributed by atoms with Crippen LogP contribution in [0.2, 0.25) is 0 Å². The van der Waals surface area contributed by atoms with Crippen LogP contribution in [0, 0.1) is 0 Å². The third-order valence-corrected chi connectivity index (χ3v) is 1.57. The van der Waals surface area contributed by atoms with E-state index in [2.05, 4.69) is 14.7 Å². The molecule has 0 aromatic carbocycles. The van der Waals surface area contributed by atoms with E-state index in [9.17, 15) is 9.59 Å². The van der Waals surface area contributed by atoms with Crippen LogP contribution in [0.3, 0.4) is 0 Å². The number of aliphatic imine (C=N–C) groups is 1. The highest BCUT2D eigenvalue weighted by atomic mass is 16.5. The molecule has 0 bridgehead atoms. The van der Waals surface area contributed by atoms with Gasteiger partial charge in [0.15, 0.2) is 0 Å². The van der Waals surface area contributed by atoms with Crippen molar-refractivity contribution in [2.24, 2.45) is 4.99 Å². The van der Waals surface area contributed by atoms with Crippen molar-refractivity contribution in [3.8, 4) is 0 Å². The number of rotatable bonds is 3. The highest BCUT2D eigenvalue weighted by Crippen LogP contribution is 2.14. The molecule has 14 heavy (non-hydrogen) atoms. The molecule has 0 radical (unpaired) electrons. The highest BCUT2D eigenvalue weighted by Gasteiger charge is 2.21. The van der Waals surface area contributed by atoms with Gasteiger partial charge in [-0.05, 0) is 12.1 Å². The number of esters is 1. The fraction of sp³-hybridized carbons (Fsp3) is 0.222. The van der Waals surface area contributed by atoms with Crippen LogP contribution in [0.25, 0.3) is 0 Å². The number of carbonyl (C=O) groups is 1. The smallest absolute Gasteiger partial charge is 0.337 e. The van der Waals surface area contributed by atoms with Crippen molar-refractivity contribution in [1.29, 1.82) is 0 Å². The maximum Gasteiger partial charge on any atom is 0.337 e. The fourth-order valence-electron chi connectivity index (χ4n) is 0.942. The van der Waals surface area contributed by atoms with E-state index in [1.165, 1.54) is 19.4 Å². The summed E-state index contributed by atoms with van der Waals surface area (Å²) in [5.41, 5.74) is 0.364. The van der Waals surface area contributed by atoms with Crippen molar-refractivity contribution < 1.29 is 14.3 Å². The van der Waals surface area contributed by atoms with Gasteiger partial charge in [0.05, 0.1) is 12.8 Å². The maximum absolute atomic E-state index is 11.2. The number of pyridine rings is 1. The summed E-state index contributed by atoms with van der Waals surface area (Å²) >= 11 is 0. The van der Waals surface area contributed by atoms with Gasteiger partial charge in [-0.3, -0.25) is 4.98 Å². The standard InChI is InChI=1S/C9H8N2O3/c1-14-9(13)8(11-6-12)7-4-2-3-5-10-7/h2-5,8H,1H3. The molecule has 1 aromatic heterocycles. The Morgan fingerprint density at radius 3 is 2.93 bits per heavy atom. The van der Waals surface area contributed by atoms with E-state index in [1.807, 2.05) is 0 Å². The molecule has 1 rings (SSSR count). The minimum Gasteiger partial charge on any atom is -0.467 e. The third-order valence-electron chi connectivity index (χ3n) is 1.57. The lowest BCUT2D eigenvalue weighted by atomic mass is 10.2. The molecule has 1 heterocycles. The summed E-state index contributed by atoms with van der Waals surface area (Å²) in [7, 11) is 1.22. The van der Waals surface area contributed by atoms with Gasteiger partial charge in [0.25, 0.3) is 0 Å².